The first-order chi connectivity index (χ1) is 17.1. The number of halogens is 2. The zero-order chi connectivity index (χ0) is 26.5. The summed E-state index contributed by atoms with van der Waals surface area (Å²) in [6.07, 6.45) is 1.91. The second-order valence-electron chi connectivity index (χ2n) is 8.54. The zero-order valence-corrected chi connectivity index (χ0v) is 23.2. The Morgan fingerprint density at radius 2 is 1.69 bits per heavy atom. The van der Waals surface area contributed by atoms with Crippen molar-refractivity contribution in [3.8, 4) is 17.2 Å². The Kier molecular flexibility index (Phi) is 9.74. The van der Waals surface area contributed by atoms with E-state index in [2.05, 4.69) is 0 Å². The van der Waals surface area contributed by atoms with E-state index in [0.717, 1.165) is 6.42 Å². The number of sulfonamides is 1. The van der Waals surface area contributed by atoms with Gasteiger partial charge in [-0.2, -0.15) is 4.31 Å². The van der Waals surface area contributed by atoms with E-state index in [4.69, 9.17) is 37.4 Å². The molecule has 0 N–H and O–H groups in total. The van der Waals surface area contributed by atoms with Gasteiger partial charge in [0.15, 0.2) is 11.5 Å². The Morgan fingerprint density at radius 1 is 1.03 bits per heavy atom. The smallest absolute Gasteiger partial charge is 0.244 e. The molecule has 2 unspecified atom stereocenters. The lowest BCUT2D eigenvalue weighted by Gasteiger charge is -2.32. The summed E-state index contributed by atoms with van der Waals surface area (Å²) in [5.41, 5.74) is 0. The highest BCUT2D eigenvalue weighted by molar-refractivity contribution is 7.89. The van der Waals surface area contributed by atoms with Crippen molar-refractivity contribution >= 4 is 39.1 Å². The van der Waals surface area contributed by atoms with Gasteiger partial charge in [0, 0.05) is 28.7 Å². The average Bonchev–Trinajstić information content (AvgIpc) is 2.95. The molecule has 0 radical (unpaired) electrons. The van der Waals surface area contributed by atoms with Crippen LogP contribution in [0.25, 0.3) is 0 Å². The van der Waals surface area contributed by atoms with Crippen molar-refractivity contribution in [3.05, 3.63) is 46.4 Å². The maximum absolute atomic E-state index is 13.7. The molecule has 2 aromatic carbocycles. The maximum atomic E-state index is 13.7. The highest BCUT2D eigenvalue weighted by atomic mass is 35.5. The topological polar surface area (TPSA) is 85.4 Å². The van der Waals surface area contributed by atoms with Crippen molar-refractivity contribution in [1.82, 2.24) is 9.21 Å². The van der Waals surface area contributed by atoms with Crippen molar-refractivity contribution in [2.24, 2.45) is 0 Å². The van der Waals surface area contributed by atoms with Gasteiger partial charge in [-0.25, -0.2) is 8.42 Å². The second-order valence-corrected chi connectivity index (χ2v) is 11.3. The highest BCUT2D eigenvalue weighted by Crippen LogP contribution is 2.32. The monoisotopic (exact) mass is 558 g/mol. The van der Waals surface area contributed by atoms with Gasteiger partial charge < -0.3 is 19.1 Å². The summed E-state index contributed by atoms with van der Waals surface area (Å²) in [5, 5.41) is 0.437. The van der Waals surface area contributed by atoms with E-state index in [0.29, 0.717) is 43.2 Å². The van der Waals surface area contributed by atoms with Gasteiger partial charge >= 0.3 is 0 Å². The first-order valence-electron chi connectivity index (χ1n) is 11.8. The van der Waals surface area contributed by atoms with Crippen LogP contribution in [0.4, 0.5) is 0 Å². The standard InChI is InChI=1S/C25H32Cl2N2O6S/c1-5-6-20-9-10-28(11-12-35-21-7-8-23(33-3)24(16-21)34-4)25(30)17(2)29(20)36(31,32)22-14-18(26)13-19(27)15-22/h7-8,13-17,20H,5-6,9-12H2,1-4H3. The third kappa shape index (κ3) is 6.37. The van der Waals surface area contributed by atoms with Crippen LogP contribution in [0.15, 0.2) is 41.3 Å². The molecule has 1 saturated heterocycles. The lowest BCUT2D eigenvalue weighted by molar-refractivity contribution is -0.134. The molecule has 36 heavy (non-hydrogen) atoms. The number of hydrogen-bond acceptors (Lipinski definition) is 6. The molecule has 2 atom stereocenters. The Labute approximate surface area is 223 Å². The number of ether oxygens (including phenoxy) is 3. The Balaban J connectivity index is 1.79. The van der Waals surface area contributed by atoms with Crippen LogP contribution in [0.3, 0.4) is 0 Å². The molecule has 0 bridgehead atoms. The molecule has 1 aliphatic rings. The SMILES string of the molecule is CCCC1CCN(CCOc2ccc(OC)c(OC)c2)C(=O)C(C)N1S(=O)(=O)c1cc(Cl)cc(Cl)c1. The summed E-state index contributed by atoms with van der Waals surface area (Å²) < 4.78 is 45.1. The number of carbonyl (C=O) groups is 1. The largest absolute Gasteiger partial charge is 0.493 e. The van der Waals surface area contributed by atoms with Gasteiger partial charge in [0.1, 0.15) is 18.4 Å². The zero-order valence-electron chi connectivity index (χ0n) is 20.9. The molecule has 0 saturated carbocycles. The van der Waals surface area contributed by atoms with Gasteiger partial charge in [0.25, 0.3) is 0 Å². The van der Waals surface area contributed by atoms with E-state index in [1.165, 1.54) is 22.5 Å². The fourth-order valence-electron chi connectivity index (χ4n) is 4.44. The van der Waals surface area contributed by atoms with Crippen molar-refractivity contribution in [2.45, 2.75) is 50.1 Å². The number of methoxy groups -OCH3 is 2. The second kappa shape index (κ2) is 12.4. The van der Waals surface area contributed by atoms with Gasteiger partial charge in [-0.1, -0.05) is 36.5 Å². The van der Waals surface area contributed by atoms with E-state index in [9.17, 15) is 13.2 Å². The van der Waals surface area contributed by atoms with Crippen LogP contribution in [0, 0.1) is 0 Å². The summed E-state index contributed by atoms with van der Waals surface area (Å²) in [6, 6.07) is 8.19. The van der Waals surface area contributed by atoms with Crippen LogP contribution >= 0.6 is 23.2 Å². The van der Waals surface area contributed by atoms with Crippen LogP contribution in [0.1, 0.15) is 33.1 Å². The van der Waals surface area contributed by atoms with Gasteiger partial charge in [-0.05, 0) is 50.1 Å². The Morgan fingerprint density at radius 3 is 2.31 bits per heavy atom. The number of nitrogens with zero attached hydrogens (tertiary/aromatic N) is 2. The summed E-state index contributed by atoms with van der Waals surface area (Å²) in [7, 11) is -0.924. The molecule has 2 aromatic rings. The van der Waals surface area contributed by atoms with Crippen LogP contribution < -0.4 is 14.2 Å². The van der Waals surface area contributed by atoms with Crippen LogP contribution in [-0.2, 0) is 14.8 Å². The minimum Gasteiger partial charge on any atom is -0.493 e. The van der Waals surface area contributed by atoms with E-state index in [1.807, 2.05) is 6.92 Å². The van der Waals surface area contributed by atoms with E-state index < -0.39 is 16.1 Å². The molecule has 11 heteroatoms. The number of hydrogen-bond donors (Lipinski definition) is 0. The maximum Gasteiger partial charge on any atom is 0.244 e. The molecule has 0 aliphatic carbocycles. The predicted molar refractivity (Wildman–Crippen MR) is 140 cm³/mol. The molecule has 3 rings (SSSR count). The number of carbonyl (C=O) groups excluding carboxylic acids is 1. The van der Waals surface area contributed by atoms with E-state index in [1.54, 1.807) is 44.2 Å². The molecule has 198 valence electrons. The molecule has 1 amide bonds. The number of benzene rings is 2. The first-order valence-corrected chi connectivity index (χ1v) is 13.9. The highest BCUT2D eigenvalue weighted by Gasteiger charge is 2.42. The summed E-state index contributed by atoms with van der Waals surface area (Å²) in [4.78, 5) is 15.1. The lowest BCUT2D eigenvalue weighted by Crippen LogP contribution is -2.50. The van der Waals surface area contributed by atoms with Crippen LogP contribution in [0.5, 0.6) is 17.2 Å². The average molecular weight is 560 g/mol. The quantitative estimate of drug-likeness (QED) is 0.413. The Bertz CT molecular complexity index is 1160. The molecule has 8 nitrogen and oxygen atoms in total. The third-order valence-corrected chi connectivity index (χ3v) is 8.60. The van der Waals surface area contributed by atoms with E-state index >= 15 is 0 Å². The van der Waals surface area contributed by atoms with Crippen molar-refractivity contribution in [1.29, 1.82) is 0 Å². The minimum absolute atomic E-state index is 0.0222. The summed E-state index contributed by atoms with van der Waals surface area (Å²) in [6.45, 7) is 4.59. The van der Waals surface area contributed by atoms with Crippen molar-refractivity contribution < 1.29 is 27.4 Å². The summed E-state index contributed by atoms with van der Waals surface area (Å²) >= 11 is 12.2. The minimum atomic E-state index is -4.03. The van der Waals surface area contributed by atoms with E-state index in [-0.39, 0.29) is 33.5 Å². The molecule has 0 aromatic heterocycles. The fraction of sp³-hybridized carbons (Fsp3) is 0.480. The van der Waals surface area contributed by atoms with Gasteiger partial charge in [0.2, 0.25) is 15.9 Å². The normalized spacial score (nSPS) is 19.2. The molecule has 1 heterocycles. The molecular formula is C25H32Cl2N2O6S. The predicted octanol–water partition coefficient (Wildman–Crippen LogP) is 4.87. The lowest BCUT2D eigenvalue weighted by atomic mass is 10.1. The molecule has 0 spiro atoms. The summed E-state index contributed by atoms with van der Waals surface area (Å²) in [5.74, 6) is 1.43. The molecule has 1 fully saturated rings. The number of rotatable bonds is 10. The van der Waals surface area contributed by atoms with Crippen LogP contribution in [0.2, 0.25) is 10.0 Å². The molecule has 1 aliphatic heterocycles. The van der Waals surface area contributed by atoms with Gasteiger partial charge in [-0.15, -0.1) is 0 Å². The van der Waals surface area contributed by atoms with Gasteiger partial charge in [0.05, 0.1) is 25.7 Å². The Hall–Kier alpha value is -2.20. The first kappa shape index (κ1) is 28.4. The number of amides is 1. The third-order valence-electron chi connectivity index (χ3n) is 6.16. The van der Waals surface area contributed by atoms with Crippen molar-refractivity contribution in [3.63, 3.8) is 0 Å². The van der Waals surface area contributed by atoms with Crippen LogP contribution in [-0.4, -0.2) is 69.5 Å². The van der Waals surface area contributed by atoms with Crippen molar-refractivity contribution in [2.75, 3.05) is 33.9 Å². The fourth-order valence-corrected chi connectivity index (χ4v) is 7.00. The molecular weight excluding hydrogens is 527 g/mol. The van der Waals surface area contributed by atoms with Gasteiger partial charge in [-0.3, -0.25) is 4.79 Å².